The first-order valence-corrected chi connectivity index (χ1v) is 7.69. The van der Waals surface area contributed by atoms with Crippen LogP contribution in [0, 0.1) is 11.8 Å². The molecule has 0 amide bonds. The molecule has 3 heteroatoms. The van der Waals surface area contributed by atoms with Crippen molar-refractivity contribution in [2.24, 2.45) is 17.6 Å². The summed E-state index contributed by atoms with van der Waals surface area (Å²) in [4.78, 5) is 5.12. The molecule has 0 aromatic carbocycles. The Labute approximate surface area is 114 Å². The summed E-state index contributed by atoms with van der Waals surface area (Å²) in [5.41, 5.74) is 5.89. The van der Waals surface area contributed by atoms with Crippen LogP contribution in [0.2, 0.25) is 0 Å². The third-order valence-electron chi connectivity index (χ3n) is 4.14. The summed E-state index contributed by atoms with van der Waals surface area (Å²) in [6.07, 6.45) is 4.00. The number of nitrogens with two attached hydrogens (primary N) is 1. The molecule has 2 atom stereocenters. The van der Waals surface area contributed by atoms with E-state index >= 15 is 0 Å². The predicted molar refractivity (Wildman–Crippen MR) is 79.8 cm³/mol. The van der Waals surface area contributed by atoms with Gasteiger partial charge in [-0.15, -0.1) is 0 Å². The fourth-order valence-corrected chi connectivity index (χ4v) is 3.31. The fraction of sp³-hybridized carbons (Fsp3) is 1.00. The van der Waals surface area contributed by atoms with Crippen LogP contribution in [0.25, 0.3) is 0 Å². The smallest absolute Gasteiger partial charge is 0.0223 e. The van der Waals surface area contributed by atoms with E-state index < -0.39 is 0 Å². The van der Waals surface area contributed by atoms with E-state index in [0.717, 1.165) is 25.0 Å². The van der Waals surface area contributed by atoms with Gasteiger partial charge in [-0.2, -0.15) is 0 Å². The molecule has 0 radical (unpaired) electrons. The molecule has 1 rings (SSSR count). The lowest BCUT2D eigenvalue weighted by Crippen LogP contribution is -2.41. The molecule has 3 nitrogen and oxygen atoms in total. The fourth-order valence-electron chi connectivity index (χ4n) is 3.31. The average molecular weight is 255 g/mol. The highest BCUT2D eigenvalue weighted by Gasteiger charge is 2.24. The standard InChI is InChI=1S/C15H33N3/c1-5-18-8-6-7-15(18)12-17(4)11-14(10-16)9-13(2)3/h13-15H,5-12,16H2,1-4H3. The van der Waals surface area contributed by atoms with Crippen molar-refractivity contribution in [1.29, 1.82) is 0 Å². The van der Waals surface area contributed by atoms with E-state index in [1.54, 1.807) is 0 Å². The van der Waals surface area contributed by atoms with Crippen LogP contribution in [0.4, 0.5) is 0 Å². The molecule has 1 aliphatic heterocycles. The minimum Gasteiger partial charge on any atom is -0.330 e. The summed E-state index contributed by atoms with van der Waals surface area (Å²) >= 11 is 0. The van der Waals surface area contributed by atoms with Gasteiger partial charge in [0.2, 0.25) is 0 Å². The Morgan fingerprint density at radius 3 is 2.67 bits per heavy atom. The molecule has 2 N–H and O–H groups in total. The molecule has 0 bridgehead atoms. The van der Waals surface area contributed by atoms with Crippen molar-refractivity contribution in [2.45, 2.75) is 46.1 Å². The highest BCUT2D eigenvalue weighted by molar-refractivity contribution is 4.81. The largest absolute Gasteiger partial charge is 0.330 e. The van der Waals surface area contributed by atoms with Crippen molar-refractivity contribution in [3.63, 3.8) is 0 Å². The minimum atomic E-state index is 0.659. The molecule has 2 unspecified atom stereocenters. The third kappa shape index (κ3) is 5.25. The number of rotatable bonds is 8. The zero-order chi connectivity index (χ0) is 13.5. The number of nitrogens with zero attached hydrogens (tertiary/aromatic N) is 2. The number of hydrogen-bond acceptors (Lipinski definition) is 3. The summed E-state index contributed by atoms with van der Waals surface area (Å²) in [5, 5.41) is 0. The monoisotopic (exact) mass is 255 g/mol. The first-order chi connectivity index (χ1) is 8.56. The Hall–Kier alpha value is -0.120. The van der Waals surface area contributed by atoms with Crippen molar-refractivity contribution >= 4 is 0 Å². The van der Waals surface area contributed by atoms with Gasteiger partial charge in [0.1, 0.15) is 0 Å². The second kappa shape index (κ2) is 8.13. The number of hydrogen-bond donors (Lipinski definition) is 1. The van der Waals surface area contributed by atoms with Gasteiger partial charge in [0, 0.05) is 19.1 Å². The molecule has 108 valence electrons. The van der Waals surface area contributed by atoms with Gasteiger partial charge < -0.3 is 10.6 Å². The Morgan fingerprint density at radius 2 is 2.11 bits per heavy atom. The zero-order valence-electron chi connectivity index (χ0n) is 12.9. The van der Waals surface area contributed by atoms with E-state index in [1.165, 1.54) is 38.9 Å². The van der Waals surface area contributed by atoms with Gasteiger partial charge in [0.05, 0.1) is 0 Å². The second-order valence-electron chi connectivity index (χ2n) is 6.38. The van der Waals surface area contributed by atoms with Crippen molar-refractivity contribution in [1.82, 2.24) is 9.80 Å². The van der Waals surface area contributed by atoms with Crippen molar-refractivity contribution in [3.05, 3.63) is 0 Å². The predicted octanol–water partition coefficient (Wildman–Crippen LogP) is 2.02. The van der Waals surface area contributed by atoms with E-state index in [0.29, 0.717) is 5.92 Å². The Morgan fingerprint density at radius 1 is 1.39 bits per heavy atom. The highest BCUT2D eigenvalue weighted by atomic mass is 15.2. The number of likely N-dealkylation sites (tertiary alicyclic amines) is 1. The molecule has 0 aromatic rings. The van der Waals surface area contributed by atoms with Crippen molar-refractivity contribution < 1.29 is 0 Å². The van der Waals surface area contributed by atoms with Gasteiger partial charge >= 0.3 is 0 Å². The molecule has 0 spiro atoms. The number of likely N-dealkylation sites (N-methyl/N-ethyl adjacent to an activating group) is 2. The summed E-state index contributed by atoms with van der Waals surface area (Å²) < 4.78 is 0. The second-order valence-corrected chi connectivity index (χ2v) is 6.38. The SMILES string of the molecule is CCN1CCCC1CN(C)CC(CN)CC(C)C. The average Bonchev–Trinajstić information content (AvgIpc) is 2.74. The highest BCUT2D eigenvalue weighted by Crippen LogP contribution is 2.18. The topological polar surface area (TPSA) is 32.5 Å². The van der Waals surface area contributed by atoms with E-state index in [-0.39, 0.29) is 0 Å². The lowest BCUT2D eigenvalue weighted by atomic mass is 9.96. The zero-order valence-corrected chi connectivity index (χ0v) is 12.9. The molecular formula is C15H33N3. The van der Waals surface area contributed by atoms with E-state index in [4.69, 9.17) is 5.73 Å². The van der Waals surface area contributed by atoms with Gasteiger partial charge in [-0.05, 0) is 57.8 Å². The van der Waals surface area contributed by atoms with Crippen LogP contribution in [0.15, 0.2) is 0 Å². The van der Waals surface area contributed by atoms with Crippen molar-refractivity contribution in [3.8, 4) is 0 Å². The molecule has 1 fully saturated rings. The first kappa shape index (κ1) is 15.9. The lowest BCUT2D eigenvalue weighted by Gasteiger charge is -2.30. The third-order valence-corrected chi connectivity index (χ3v) is 4.14. The molecule has 0 aromatic heterocycles. The van der Waals surface area contributed by atoms with Crippen LogP contribution in [0.3, 0.4) is 0 Å². The molecule has 1 aliphatic rings. The maximum Gasteiger partial charge on any atom is 0.0223 e. The van der Waals surface area contributed by atoms with E-state index in [2.05, 4.69) is 37.6 Å². The molecule has 0 saturated carbocycles. The molecule has 18 heavy (non-hydrogen) atoms. The van der Waals surface area contributed by atoms with E-state index in [9.17, 15) is 0 Å². The maximum atomic E-state index is 5.89. The Bertz CT molecular complexity index is 218. The van der Waals surface area contributed by atoms with Crippen LogP contribution in [0.1, 0.15) is 40.0 Å². The summed E-state index contributed by atoms with van der Waals surface area (Å²) in [6.45, 7) is 12.5. The molecule has 1 heterocycles. The van der Waals surface area contributed by atoms with Crippen LogP contribution in [-0.4, -0.2) is 55.6 Å². The summed E-state index contributed by atoms with van der Waals surface area (Å²) in [5.74, 6) is 1.41. The van der Waals surface area contributed by atoms with Gasteiger partial charge in [0.15, 0.2) is 0 Å². The van der Waals surface area contributed by atoms with Crippen LogP contribution in [0.5, 0.6) is 0 Å². The quantitative estimate of drug-likeness (QED) is 0.720. The van der Waals surface area contributed by atoms with Crippen LogP contribution >= 0.6 is 0 Å². The summed E-state index contributed by atoms with van der Waals surface area (Å²) in [6, 6.07) is 0.775. The van der Waals surface area contributed by atoms with Gasteiger partial charge in [-0.25, -0.2) is 0 Å². The first-order valence-electron chi connectivity index (χ1n) is 7.69. The summed E-state index contributed by atoms with van der Waals surface area (Å²) in [7, 11) is 2.26. The van der Waals surface area contributed by atoms with Crippen LogP contribution < -0.4 is 5.73 Å². The molecular weight excluding hydrogens is 222 g/mol. The maximum absolute atomic E-state index is 5.89. The Balaban J connectivity index is 2.33. The van der Waals surface area contributed by atoms with Crippen LogP contribution in [-0.2, 0) is 0 Å². The normalized spacial score (nSPS) is 23.2. The van der Waals surface area contributed by atoms with Crippen molar-refractivity contribution in [2.75, 3.05) is 39.8 Å². The molecule has 1 saturated heterocycles. The van der Waals surface area contributed by atoms with Gasteiger partial charge in [-0.1, -0.05) is 20.8 Å². The lowest BCUT2D eigenvalue weighted by molar-refractivity contribution is 0.178. The minimum absolute atomic E-state index is 0.659. The van der Waals surface area contributed by atoms with Gasteiger partial charge in [-0.3, -0.25) is 4.90 Å². The van der Waals surface area contributed by atoms with E-state index in [1.807, 2.05) is 0 Å². The molecule has 0 aliphatic carbocycles. The Kier molecular flexibility index (Phi) is 7.20. The van der Waals surface area contributed by atoms with Gasteiger partial charge in [0.25, 0.3) is 0 Å².